The quantitative estimate of drug-likeness (QED) is 0.741. The van der Waals surface area contributed by atoms with Crippen LogP contribution in [0.4, 0.5) is 0 Å². The van der Waals surface area contributed by atoms with E-state index >= 15 is 0 Å². The Balaban J connectivity index is 2.32. The predicted octanol–water partition coefficient (Wildman–Crippen LogP) is 0.941. The van der Waals surface area contributed by atoms with Crippen molar-refractivity contribution >= 4 is 17.2 Å². The summed E-state index contributed by atoms with van der Waals surface area (Å²) in [5, 5.41) is 0. The molecule has 0 bridgehead atoms. The molecule has 0 aliphatic carbocycles. The lowest BCUT2D eigenvalue weighted by Gasteiger charge is -2.07. The first-order valence-corrected chi connectivity index (χ1v) is 5.22. The molecule has 0 N–H and O–H groups in total. The molecule has 0 aliphatic rings. The number of carbonyl (C=O) groups excluding carboxylic acids is 1. The van der Waals surface area contributed by atoms with Crippen LogP contribution in [-0.2, 0) is 16.1 Å². The molecular weight excluding hydrogens is 224 g/mol. The van der Waals surface area contributed by atoms with E-state index in [1.807, 2.05) is 0 Å². The fourth-order valence-electron chi connectivity index (χ4n) is 1.47. The molecule has 2 aromatic heterocycles. The number of hydrogen-bond donors (Lipinski definition) is 0. The van der Waals surface area contributed by atoms with Crippen molar-refractivity contribution in [3.8, 4) is 0 Å². The predicted molar refractivity (Wildman–Crippen MR) is 59.5 cm³/mol. The van der Waals surface area contributed by atoms with Crippen LogP contribution in [0.5, 0.6) is 0 Å². The molecule has 2 aromatic rings. The summed E-state index contributed by atoms with van der Waals surface area (Å²) >= 11 is 0. The maximum Gasteiger partial charge on any atom is 0.421 e. The number of aromatic nitrogens is 2. The van der Waals surface area contributed by atoms with Gasteiger partial charge in [-0.1, -0.05) is 0 Å². The van der Waals surface area contributed by atoms with Crippen LogP contribution in [0.15, 0.2) is 27.5 Å². The highest BCUT2D eigenvalue weighted by atomic mass is 16.5. The number of carbonyl (C=O) groups is 1. The summed E-state index contributed by atoms with van der Waals surface area (Å²) in [4.78, 5) is 27.0. The molecule has 0 unspecified atom stereocenters. The van der Waals surface area contributed by atoms with E-state index in [9.17, 15) is 9.59 Å². The summed E-state index contributed by atoms with van der Waals surface area (Å²) in [5.74, 6) is -1.10. The monoisotopic (exact) mass is 236 g/mol. The molecular formula is C11H12N2O4. The Bertz CT molecular complexity index is 597. The molecule has 0 atom stereocenters. The number of rotatable bonds is 3. The molecule has 0 aliphatic heterocycles. The first-order valence-electron chi connectivity index (χ1n) is 5.22. The van der Waals surface area contributed by atoms with Crippen molar-refractivity contribution in [2.45, 2.75) is 26.5 Å². The zero-order valence-corrected chi connectivity index (χ0v) is 9.54. The minimum absolute atomic E-state index is 0.193. The van der Waals surface area contributed by atoms with Crippen LogP contribution in [0.2, 0.25) is 0 Å². The summed E-state index contributed by atoms with van der Waals surface area (Å²) in [6, 6.07) is 3.27. The molecule has 0 saturated carbocycles. The fourth-order valence-corrected chi connectivity index (χ4v) is 1.47. The van der Waals surface area contributed by atoms with Gasteiger partial charge in [0, 0.05) is 6.20 Å². The number of pyridine rings is 1. The van der Waals surface area contributed by atoms with Gasteiger partial charge in [-0.05, 0) is 26.0 Å². The average molecular weight is 236 g/mol. The Labute approximate surface area is 96.8 Å². The van der Waals surface area contributed by atoms with Crippen LogP contribution >= 0.6 is 0 Å². The zero-order valence-electron chi connectivity index (χ0n) is 9.54. The Morgan fingerprint density at radius 1 is 1.59 bits per heavy atom. The number of hydrogen-bond acceptors (Lipinski definition) is 5. The van der Waals surface area contributed by atoms with E-state index in [-0.39, 0.29) is 12.6 Å². The standard InChI is InChI=1S/C11H12N2O4/c1-7(2)16-9(14)6-13-10-8(17-11(13)15)4-3-5-12-10/h3-5,7H,6H2,1-2H3. The highest BCUT2D eigenvalue weighted by molar-refractivity contribution is 5.73. The highest BCUT2D eigenvalue weighted by Gasteiger charge is 2.14. The first-order chi connectivity index (χ1) is 8.08. The van der Waals surface area contributed by atoms with Gasteiger partial charge < -0.3 is 9.15 Å². The molecule has 0 radical (unpaired) electrons. The van der Waals surface area contributed by atoms with Gasteiger partial charge in [0.25, 0.3) is 0 Å². The first kappa shape index (κ1) is 11.4. The van der Waals surface area contributed by atoms with E-state index in [2.05, 4.69) is 4.98 Å². The molecule has 0 amide bonds. The number of ether oxygens (including phenoxy) is 1. The van der Waals surface area contributed by atoms with Gasteiger partial charge >= 0.3 is 11.7 Å². The molecule has 2 heterocycles. The number of nitrogens with zero attached hydrogens (tertiary/aromatic N) is 2. The zero-order chi connectivity index (χ0) is 12.4. The Hall–Kier alpha value is -2.11. The molecule has 0 aromatic carbocycles. The highest BCUT2D eigenvalue weighted by Crippen LogP contribution is 2.08. The van der Waals surface area contributed by atoms with E-state index in [0.29, 0.717) is 11.2 Å². The smallest absolute Gasteiger partial charge is 0.421 e. The molecule has 0 fully saturated rings. The van der Waals surface area contributed by atoms with Gasteiger partial charge in [0.05, 0.1) is 6.10 Å². The Kier molecular flexibility index (Phi) is 2.95. The topological polar surface area (TPSA) is 74.3 Å². The second kappa shape index (κ2) is 4.40. The Morgan fingerprint density at radius 2 is 2.35 bits per heavy atom. The summed E-state index contributed by atoms with van der Waals surface area (Å²) in [6.07, 6.45) is 1.31. The second-order valence-electron chi connectivity index (χ2n) is 3.82. The van der Waals surface area contributed by atoms with Crippen LogP contribution < -0.4 is 5.76 Å². The van der Waals surface area contributed by atoms with Gasteiger partial charge in [0.15, 0.2) is 11.2 Å². The molecule has 0 saturated heterocycles. The maximum absolute atomic E-state index is 11.5. The molecule has 2 rings (SSSR count). The van der Waals surface area contributed by atoms with Crippen molar-refractivity contribution in [2.24, 2.45) is 0 Å². The van der Waals surface area contributed by atoms with Crippen molar-refractivity contribution < 1.29 is 13.9 Å². The van der Waals surface area contributed by atoms with Crippen LogP contribution in [0.3, 0.4) is 0 Å². The molecule has 0 spiro atoms. The third kappa shape index (κ3) is 2.35. The SMILES string of the molecule is CC(C)OC(=O)Cn1c(=O)oc2cccnc21. The summed E-state index contributed by atoms with van der Waals surface area (Å²) in [7, 11) is 0. The third-order valence-corrected chi connectivity index (χ3v) is 2.08. The van der Waals surface area contributed by atoms with Gasteiger partial charge in [-0.3, -0.25) is 4.79 Å². The third-order valence-electron chi connectivity index (χ3n) is 2.08. The van der Waals surface area contributed by atoms with Gasteiger partial charge in [-0.15, -0.1) is 0 Å². The van der Waals surface area contributed by atoms with Gasteiger partial charge in [-0.2, -0.15) is 0 Å². The van der Waals surface area contributed by atoms with Crippen molar-refractivity contribution in [3.05, 3.63) is 28.9 Å². The minimum atomic E-state index is -0.612. The number of fused-ring (bicyclic) bond motifs is 1. The molecule has 90 valence electrons. The Morgan fingerprint density at radius 3 is 3.06 bits per heavy atom. The van der Waals surface area contributed by atoms with Gasteiger partial charge in [-0.25, -0.2) is 14.3 Å². The van der Waals surface area contributed by atoms with E-state index in [4.69, 9.17) is 9.15 Å². The van der Waals surface area contributed by atoms with Crippen LogP contribution in [-0.4, -0.2) is 21.6 Å². The summed E-state index contributed by atoms with van der Waals surface area (Å²) in [5.41, 5.74) is 0.702. The van der Waals surface area contributed by atoms with Crippen molar-refractivity contribution in [1.29, 1.82) is 0 Å². The summed E-state index contributed by atoms with van der Waals surface area (Å²) in [6.45, 7) is 3.29. The lowest BCUT2D eigenvalue weighted by Crippen LogP contribution is -2.23. The van der Waals surface area contributed by atoms with E-state index in [1.54, 1.807) is 26.0 Å². The normalized spacial score (nSPS) is 11.0. The molecule has 6 heteroatoms. The minimum Gasteiger partial charge on any atom is -0.462 e. The molecule has 17 heavy (non-hydrogen) atoms. The van der Waals surface area contributed by atoms with E-state index < -0.39 is 11.7 Å². The van der Waals surface area contributed by atoms with Crippen molar-refractivity contribution in [3.63, 3.8) is 0 Å². The van der Waals surface area contributed by atoms with Gasteiger partial charge in [0.1, 0.15) is 6.54 Å². The van der Waals surface area contributed by atoms with Crippen LogP contribution in [0.25, 0.3) is 11.2 Å². The largest absolute Gasteiger partial charge is 0.462 e. The van der Waals surface area contributed by atoms with Crippen LogP contribution in [0, 0.1) is 0 Å². The summed E-state index contributed by atoms with van der Waals surface area (Å²) < 4.78 is 11.1. The molecule has 6 nitrogen and oxygen atoms in total. The fraction of sp³-hybridized carbons (Fsp3) is 0.364. The second-order valence-corrected chi connectivity index (χ2v) is 3.82. The maximum atomic E-state index is 11.5. The van der Waals surface area contributed by atoms with Crippen molar-refractivity contribution in [1.82, 2.24) is 9.55 Å². The van der Waals surface area contributed by atoms with E-state index in [1.165, 1.54) is 6.20 Å². The van der Waals surface area contributed by atoms with E-state index in [0.717, 1.165) is 4.57 Å². The lowest BCUT2D eigenvalue weighted by molar-refractivity contribution is -0.148. The number of oxazole rings is 1. The average Bonchev–Trinajstić information content (AvgIpc) is 2.55. The number of esters is 1. The lowest BCUT2D eigenvalue weighted by atomic mass is 10.4. The van der Waals surface area contributed by atoms with Crippen molar-refractivity contribution in [2.75, 3.05) is 0 Å². The van der Waals surface area contributed by atoms with Crippen LogP contribution in [0.1, 0.15) is 13.8 Å². The van der Waals surface area contributed by atoms with Gasteiger partial charge in [0.2, 0.25) is 0 Å².